The topological polar surface area (TPSA) is 26.3 Å². The lowest BCUT2D eigenvalue weighted by Crippen LogP contribution is -2.40. The van der Waals surface area contributed by atoms with E-state index in [1.807, 2.05) is 0 Å². The number of esters is 1. The first-order valence-electron chi connectivity index (χ1n) is 14.3. The monoisotopic (exact) mass is 492 g/mol. The van der Waals surface area contributed by atoms with Gasteiger partial charge < -0.3 is 4.74 Å². The molecule has 35 heavy (non-hydrogen) atoms. The number of unbranched alkanes of at least 4 members (excludes halogenated alkanes) is 4. The number of carbonyl (C=O) groups is 1. The number of rotatable bonds is 9. The molecule has 0 amide bonds. The Morgan fingerprint density at radius 2 is 1.57 bits per heavy atom. The molecule has 3 saturated carbocycles. The van der Waals surface area contributed by atoms with E-state index in [1.54, 1.807) is 0 Å². The van der Waals surface area contributed by atoms with Crippen molar-refractivity contribution in [2.75, 3.05) is 0 Å². The number of halogens is 3. The smallest absolute Gasteiger partial charge is 0.314 e. The fraction of sp³-hybridized carbons (Fsp3) is 0.767. The molecule has 4 unspecified atom stereocenters. The minimum Gasteiger partial charge on any atom is -0.423 e. The fourth-order valence-corrected chi connectivity index (χ4v) is 7.48. The van der Waals surface area contributed by atoms with Gasteiger partial charge in [-0.05, 0) is 80.2 Å². The van der Waals surface area contributed by atoms with E-state index in [0.717, 1.165) is 62.0 Å². The molecule has 0 aliphatic heterocycles. The second-order valence-corrected chi connectivity index (χ2v) is 11.6. The number of carbonyl (C=O) groups excluding carboxylic acids is 1. The van der Waals surface area contributed by atoms with Gasteiger partial charge in [-0.15, -0.1) is 0 Å². The van der Waals surface area contributed by atoms with Crippen LogP contribution in [0.25, 0.3) is 0 Å². The lowest BCUT2D eigenvalue weighted by atomic mass is 9.59. The van der Waals surface area contributed by atoms with Crippen molar-refractivity contribution >= 4 is 5.97 Å². The Morgan fingerprint density at radius 3 is 2.34 bits per heavy atom. The number of fused-ring (bicyclic) bond motifs is 1. The second-order valence-electron chi connectivity index (χ2n) is 11.6. The van der Waals surface area contributed by atoms with Crippen LogP contribution in [0.5, 0.6) is 5.75 Å². The molecule has 0 heterocycles. The molecule has 3 fully saturated rings. The molecular weight excluding hydrogens is 449 g/mol. The summed E-state index contributed by atoms with van der Waals surface area (Å²) in [4.78, 5) is 12.9. The van der Waals surface area contributed by atoms with Crippen molar-refractivity contribution in [2.45, 2.75) is 110 Å². The molecular formula is C30H43F3O2. The molecule has 196 valence electrons. The molecule has 0 bridgehead atoms. The van der Waals surface area contributed by atoms with E-state index < -0.39 is 29.2 Å². The van der Waals surface area contributed by atoms with Crippen molar-refractivity contribution in [3.05, 3.63) is 29.6 Å². The Labute approximate surface area is 209 Å². The third-order valence-electron chi connectivity index (χ3n) is 9.48. The van der Waals surface area contributed by atoms with Crippen LogP contribution < -0.4 is 4.74 Å². The number of hydrogen-bond donors (Lipinski definition) is 0. The number of benzene rings is 1. The maximum Gasteiger partial charge on any atom is 0.314 e. The number of ether oxygens (including phenoxy) is 1. The lowest BCUT2D eigenvalue weighted by molar-refractivity contribution is -0.144. The first kappa shape index (κ1) is 26.5. The average Bonchev–Trinajstić information content (AvgIpc) is 2.88. The summed E-state index contributed by atoms with van der Waals surface area (Å²) in [6.45, 7) is 2.27. The first-order valence-corrected chi connectivity index (χ1v) is 14.3. The third-order valence-corrected chi connectivity index (χ3v) is 9.48. The molecule has 3 aliphatic carbocycles. The summed E-state index contributed by atoms with van der Waals surface area (Å²) >= 11 is 0. The molecule has 4 atom stereocenters. The molecule has 4 rings (SSSR count). The van der Waals surface area contributed by atoms with Crippen molar-refractivity contribution in [1.82, 2.24) is 0 Å². The zero-order valence-corrected chi connectivity index (χ0v) is 21.4. The van der Waals surface area contributed by atoms with Gasteiger partial charge in [0.05, 0.1) is 5.92 Å². The molecule has 1 aromatic carbocycles. The summed E-state index contributed by atoms with van der Waals surface area (Å²) in [5.41, 5.74) is 0. The normalized spacial score (nSPS) is 31.1. The van der Waals surface area contributed by atoms with Crippen molar-refractivity contribution in [1.29, 1.82) is 0 Å². The summed E-state index contributed by atoms with van der Waals surface area (Å²) in [5.74, 6) is -2.26. The van der Waals surface area contributed by atoms with Crippen LogP contribution in [0.4, 0.5) is 13.2 Å². The Morgan fingerprint density at radius 1 is 0.829 bits per heavy atom. The van der Waals surface area contributed by atoms with E-state index >= 15 is 0 Å². The van der Waals surface area contributed by atoms with Gasteiger partial charge in [0.1, 0.15) is 0 Å². The van der Waals surface area contributed by atoms with Gasteiger partial charge in [0.25, 0.3) is 0 Å². The van der Waals surface area contributed by atoms with Crippen LogP contribution in [0.15, 0.2) is 12.1 Å². The molecule has 0 radical (unpaired) electrons. The van der Waals surface area contributed by atoms with Gasteiger partial charge in [-0.1, -0.05) is 71.1 Å². The van der Waals surface area contributed by atoms with E-state index in [4.69, 9.17) is 4.74 Å². The largest absolute Gasteiger partial charge is 0.423 e. The number of hydrogen-bond acceptors (Lipinski definition) is 2. The maximum atomic E-state index is 14.0. The Kier molecular flexibility index (Phi) is 9.58. The van der Waals surface area contributed by atoms with Crippen molar-refractivity contribution in [2.24, 2.45) is 35.5 Å². The standard InChI is InChI=1S/C30H43F3O2/c1-2-3-4-5-6-8-20-11-13-21(14-12-20)22-15-16-24-23(19-22)9-7-10-25(24)30(34)35-27-18-17-26(31)28(32)29(27)33/h17-18,20-25H,2-16,19H2,1H3. The quantitative estimate of drug-likeness (QED) is 0.149. The maximum absolute atomic E-state index is 14.0. The Balaban J connectivity index is 1.25. The second kappa shape index (κ2) is 12.6. The van der Waals surface area contributed by atoms with Crippen LogP contribution in [0.2, 0.25) is 0 Å². The molecule has 0 saturated heterocycles. The van der Waals surface area contributed by atoms with Crippen LogP contribution >= 0.6 is 0 Å². The lowest BCUT2D eigenvalue weighted by Gasteiger charge is -2.46. The molecule has 0 aromatic heterocycles. The summed E-state index contributed by atoms with van der Waals surface area (Å²) < 4.78 is 46.1. The summed E-state index contributed by atoms with van der Waals surface area (Å²) in [6, 6.07) is 1.81. The van der Waals surface area contributed by atoms with E-state index in [1.165, 1.54) is 70.6 Å². The molecule has 0 N–H and O–H groups in total. The van der Waals surface area contributed by atoms with E-state index in [-0.39, 0.29) is 11.8 Å². The van der Waals surface area contributed by atoms with Crippen LogP contribution in [0.1, 0.15) is 110 Å². The SMILES string of the molecule is CCCCCCCC1CCC(C2CCC3C(CCCC3C(=O)Oc3ccc(F)c(F)c3F)C2)CC1. The molecule has 2 nitrogen and oxygen atoms in total. The molecule has 0 spiro atoms. The van der Waals surface area contributed by atoms with Gasteiger partial charge in [-0.3, -0.25) is 4.79 Å². The van der Waals surface area contributed by atoms with Crippen LogP contribution in [0.3, 0.4) is 0 Å². The molecule has 3 aliphatic rings. The molecule has 1 aromatic rings. The predicted molar refractivity (Wildman–Crippen MR) is 132 cm³/mol. The Bertz CT molecular complexity index is 833. The van der Waals surface area contributed by atoms with E-state index in [9.17, 15) is 18.0 Å². The van der Waals surface area contributed by atoms with E-state index in [2.05, 4.69) is 6.92 Å². The van der Waals surface area contributed by atoms with E-state index in [0.29, 0.717) is 5.92 Å². The predicted octanol–water partition coefficient (Wildman–Crippen LogP) is 9.01. The van der Waals surface area contributed by atoms with Gasteiger partial charge in [0.15, 0.2) is 17.4 Å². The van der Waals surface area contributed by atoms with Gasteiger partial charge >= 0.3 is 5.97 Å². The average molecular weight is 493 g/mol. The highest BCUT2D eigenvalue weighted by Crippen LogP contribution is 2.50. The minimum absolute atomic E-state index is 0.264. The summed E-state index contributed by atoms with van der Waals surface area (Å²) in [6.07, 6.45) is 20.0. The highest BCUT2D eigenvalue weighted by molar-refractivity contribution is 5.75. The van der Waals surface area contributed by atoms with Crippen molar-refractivity contribution in [3.63, 3.8) is 0 Å². The minimum atomic E-state index is -1.59. The fourth-order valence-electron chi connectivity index (χ4n) is 7.48. The third kappa shape index (κ3) is 6.63. The van der Waals surface area contributed by atoms with Crippen LogP contribution in [0, 0.1) is 53.0 Å². The highest BCUT2D eigenvalue weighted by Gasteiger charge is 2.43. The van der Waals surface area contributed by atoms with Crippen LogP contribution in [-0.2, 0) is 4.79 Å². The zero-order chi connectivity index (χ0) is 24.8. The van der Waals surface area contributed by atoms with Gasteiger partial charge in [-0.2, -0.15) is 4.39 Å². The Hall–Kier alpha value is -1.52. The zero-order valence-electron chi connectivity index (χ0n) is 21.4. The highest BCUT2D eigenvalue weighted by atomic mass is 19.2. The summed E-state index contributed by atoms with van der Waals surface area (Å²) in [5, 5.41) is 0. The van der Waals surface area contributed by atoms with Gasteiger partial charge in [0.2, 0.25) is 5.82 Å². The van der Waals surface area contributed by atoms with Gasteiger partial charge in [0, 0.05) is 0 Å². The van der Waals surface area contributed by atoms with Crippen molar-refractivity contribution in [3.8, 4) is 5.75 Å². The first-order chi connectivity index (χ1) is 17.0. The summed E-state index contributed by atoms with van der Waals surface area (Å²) in [7, 11) is 0. The molecule has 5 heteroatoms. The van der Waals surface area contributed by atoms with Gasteiger partial charge in [-0.25, -0.2) is 8.78 Å². The van der Waals surface area contributed by atoms with Crippen LogP contribution in [-0.4, -0.2) is 5.97 Å². The van der Waals surface area contributed by atoms with Crippen molar-refractivity contribution < 1.29 is 22.7 Å².